The number of aromatic nitrogens is 1. The zero-order valence-electron chi connectivity index (χ0n) is 12.0. The van der Waals surface area contributed by atoms with Crippen LogP contribution in [0, 0.1) is 0 Å². The maximum atomic E-state index is 11.5. The summed E-state index contributed by atoms with van der Waals surface area (Å²) < 4.78 is 2.19. The molecule has 0 saturated carbocycles. The van der Waals surface area contributed by atoms with Gasteiger partial charge in [0.1, 0.15) is 0 Å². The molecule has 0 atom stereocenters. The molecule has 2 aromatic carbocycles. The summed E-state index contributed by atoms with van der Waals surface area (Å²) in [5, 5.41) is 1.23. The molecule has 0 aliphatic rings. The van der Waals surface area contributed by atoms with Crippen LogP contribution < -0.4 is 5.73 Å². The first-order valence-electron chi connectivity index (χ1n) is 7.15. The lowest BCUT2D eigenvalue weighted by Crippen LogP contribution is -2.15. The van der Waals surface area contributed by atoms with Gasteiger partial charge >= 0.3 is 0 Å². The van der Waals surface area contributed by atoms with Crippen molar-refractivity contribution < 1.29 is 4.79 Å². The van der Waals surface area contributed by atoms with E-state index in [-0.39, 0.29) is 5.91 Å². The summed E-state index contributed by atoms with van der Waals surface area (Å²) in [6.45, 7) is 2.81. The van der Waals surface area contributed by atoms with Gasteiger partial charge in [-0.15, -0.1) is 0 Å². The van der Waals surface area contributed by atoms with Crippen LogP contribution in [-0.4, -0.2) is 10.5 Å². The minimum absolute atomic E-state index is 0.377. The zero-order valence-corrected chi connectivity index (χ0v) is 12.0. The number of nitrogens with zero attached hydrogens (tertiary/aromatic N) is 1. The third-order valence-corrected chi connectivity index (χ3v) is 3.88. The van der Waals surface area contributed by atoms with E-state index in [0.29, 0.717) is 12.1 Å². The molecule has 3 nitrogen and oxygen atoms in total. The molecule has 21 heavy (non-hydrogen) atoms. The van der Waals surface area contributed by atoms with E-state index in [1.54, 1.807) is 6.07 Å². The van der Waals surface area contributed by atoms with Crippen molar-refractivity contribution in [2.75, 3.05) is 0 Å². The van der Waals surface area contributed by atoms with E-state index in [1.165, 1.54) is 16.5 Å². The summed E-state index contributed by atoms with van der Waals surface area (Å²) in [4.78, 5) is 11.5. The second kappa shape index (κ2) is 5.44. The summed E-state index contributed by atoms with van der Waals surface area (Å²) in [5.41, 5.74) is 9.56. The third kappa shape index (κ3) is 2.42. The van der Waals surface area contributed by atoms with Crippen LogP contribution in [0.3, 0.4) is 0 Å². The molecule has 0 saturated heterocycles. The predicted octanol–water partition coefficient (Wildman–Crippen LogP) is 3.35. The van der Waals surface area contributed by atoms with Crippen molar-refractivity contribution in [3.8, 4) is 0 Å². The molecule has 0 unspecified atom stereocenters. The van der Waals surface area contributed by atoms with Crippen molar-refractivity contribution >= 4 is 16.8 Å². The van der Waals surface area contributed by atoms with E-state index in [9.17, 15) is 4.79 Å². The van der Waals surface area contributed by atoms with Crippen LogP contribution in [0.2, 0.25) is 0 Å². The van der Waals surface area contributed by atoms with Gasteiger partial charge in [0.15, 0.2) is 0 Å². The number of hydrogen-bond donors (Lipinski definition) is 1. The first kappa shape index (κ1) is 13.4. The second-order valence-electron chi connectivity index (χ2n) is 5.17. The molecule has 0 spiro atoms. The van der Waals surface area contributed by atoms with Crippen LogP contribution in [0.5, 0.6) is 0 Å². The fraction of sp³-hybridized carbons (Fsp3) is 0.167. The van der Waals surface area contributed by atoms with E-state index in [4.69, 9.17) is 5.73 Å². The first-order valence-corrected chi connectivity index (χ1v) is 7.15. The van der Waals surface area contributed by atoms with E-state index in [0.717, 1.165) is 12.0 Å². The Morgan fingerprint density at radius 1 is 1.05 bits per heavy atom. The number of benzene rings is 2. The summed E-state index contributed by atoms with van der Waals surface area (Å²) in [6.07, 6.45) is 3.06. The average molecular weight is 278 g/mol. The van der Waals surface area contributed by atoms with Gasteiger partial charge in [0.05, 0.1) is 5.52 Å². The molecular weight excluding hydrogens is 260 g/mol. The quantitative estimate of drug-likeness (QED) is 0.781. The van der Waals surface area contributed by atoms with Gasteiger partial charge in [0.2, 0.25) is 5.91 Å². The molecule has 0 radical (unpaired) electrons. The van der Waals surface area contributed by atoms with Gasteiger partial charge in [0.25, 0.3) is 0 Å². The molecular formula is C18H18N2O. The fourth-order valence-corrected chi connectivity index (χ4v) is 2.84. The summed E-state index contributed by atoms with van der Waals surface area (Å²) in [6, 6.07) is 16.0. The van der Waals surface area contributed by atoms with Crippen molar-refractivity contribution in [2.24, 2.45) is 5.73 Å². The molecule has 3 heteroatoms. The SMILES string of the molecule is CCc1cccc2ccn(Cc3ccccc3C(N)=O)c12. The van der Waals surface area contributed by atoms with Gasteiger partial charge in [0, 0.05) is 18.3 Å². The topological polar surface area (TPSA) is 48.0 Å². The van der Waals surface area contributed by atoms with Crippen LogP contribution in [0.25, 0.3) is 10.9 Å². The standard InChI is InChI=1S/C18H18N2O/c1-2-13-7-5-8-14-10-11-20(17(13)14)12-15-6-3-4-9-16(15)18(19)21/h3-11H,2,12H2,1H3,(H2,19,21). The van der Waals surface area contributed by atoms with Gasteiger partial charge in [-0.2, -0.15) is 0 Å². The average Bonchev–Trinajstić information content (AvgIpc) is 2.91. The molecule has 1 aromatic heterocycles. The number of rotatable bonds is 4. The Kier molecular flexibility index (Phi) is 3.48. The van der Waals surface area contributed by atoms with E-state index >= 15 is 0 Å². The van der Waals surface area contributed by atoms with Crippen molar-refractivity contribution in [3.05, 3.63) is 71.4 Å². The highest BCUT2D eigenvalue weighted by Gasteiger charge is 2.10. The Bertz CT molecular complexity index is 802. The number of amides is 1. The third-order valence-electron chi connectivity index (χ3n) is 3.88. The van der Waals surface area contributed by atoms with Crippen molar-refractivity contribution in [2.45, 2.75) is 19.9 Å². The maximum absolute atomic E-state index is 11.5. The first-order chi connectivity index (χ1) is 10.2. The van der Waals surface area contributed by atoms with Gasteiger partial charge in [-0.25, -0.2) is 0 Å². The van der Waals surface area contributed by atoms with Crippen molar-refractivity contribution in [1.29, 1.82) is 0 Å². The van der Waals surface area contributed by atoms with E-state index in [2.05, 4.69) is 42.0 Å². The molecule has 3 aromatic rings. The normalized spacial score (nSPS) is 10.9. The Labute approximate surface area is 124 Å². The minimum atomic E-state index is -0.377. The molecule has 2 N–H and O–H groups in total. The highest BCUT2D eigenvalue weighted by atomic mass is 16.1. The van der Waals surface area contributed by atoms with Gasteiger partial charge < -0.3 is 10.3 Å². The molecule has 0 aliphatic carbocycles. The largest absolute Gasteiger partial charge is 0.366 e. The fourth-order valence-electron chi connectivity index (χ4n) is 2.84. The highest BCUT2D eigenvalue weighted by Crippen LogP contribution is 2.22. The Morgan fingerprint density at radius 2 is 1.81 bits per heavy atom. The van der Waals surface area contributed by atoms with E-state index < -0.39 is 0 Å². The predicted molar refractivity (Wildman–Crippen MR) is 85.4 cm³/mol. The Morgan fingerprint density at radius 3 is 2.57 bits per heavy atom. The van der Waals surface area contributed by atoms with Crippen LogP contribution in [0.15, 0.2) is 54.7 Å². The number of aryl methyl sites for hydroxylation is 1. The highest BCUT2D eigenvalue weighted by molar-refractivity contribution is 5.94. The molecule has 0 fully saturated rings. The number of primary amides is 1. The molecule has 106 valence electrons. The molecule has 1 amide bonds. The van der Waals surface area contributed by atoms with Gasteiger partial charge in [-0.1, -0.05) is 43.3 Å². The lowest BCUT2D eigenvalue weighted by Gasteiger charge is -2.11. The smallest absolute Gasteiger partial charge is 0.249 e. The summed E-state index contributed by atoms with van der Waals surface area (Å²) in [5.74, 6) is -0.377. The van der Waals surface area contributed by atoms with Crippen molar-refractivity contribution in [1.82, 2.24) is 4.57 Å². The van der Waals surface area contributed by atoms with Crippen LogP contribution in [0.1, 0.15) is 28.4 Å². The van der Waals surface area contributed by atoms with Crippen LogP contribution >= 0.6 is 0 Å². The second-order valence-corrected chi connectivity index (χ2v) is 5.17. The van der Waals surface area contributed by atoms with Crippen molar-refractivity contribution in [3.63, 3.8) is 0 Å². The zero-order chi connectivity index (χ0) is 14.8. The lowest BCUT2D eigenvalue weighted by molar-refractivity contribution is 0.0999. The van der Waals surface area contributed by atoms with E-state index in [1.807, 2.05) is 18.2 Å². The lowest BCUT2D eigenvalue weighted by atomic mass is 10.1. The number of hydrogen-bond acceptors (Lipinski definition) is 1. The van der Waals surface area contributed by atoms with Crippen LogP contribution in [0.4, 0.5) is 0 Å². The van der Waals surface area contributed by atoms with Gasteiger partial charge in [-0.05, 0) is 35.1 Å². The molecule has 0 aliphatic heterocycles. The number of fused-ring (bicyclic) bond motifs is 1. The maximum Gasteiger partial charge on any atom is 0.249 e. The molecule has 1 heterocycles. The number of para-hydroxylation sites is 1. The van der Waals surface area contributed by atoms with Crippen LogP contribution in [-0.2, 0) is 13.0 Å². The monoisotopic (exact) mass is 278 g/mol. The number of carbonyl (C=O) groups is 1. The molecule has 3 rings (SSSR count). The van der Waals surface area contributed by atoms with Gasteiger partial charge in [-0.3, -0.25) is 4.79 Å². The summed E-state index contributed by atoms with van der Waals surface area (Å²) in [7, 11) is 0. The molecule has 0 bridgehead atoms. The number of carbonyl (C=O) groups excluding carboxylic acids is 1. The Balaban J connectivity index is 2.09. The Hall–Kier alpha value is -2.55. The number of nitrogens with two attached hydrogens (primary N) is 1. The summed E-state index contributed by atoms with van der Waals surface area (Å²) >= 11 is 0. The minimum Gasteiger partial charge on any atom is -0.366 e.